The Bertz CT molecular complexity index is 1250. The lowest BCUT2D eigenvalue weighted by Gasteiger charge is -2.23. The zero-order valence-electron chi connectivity index (χ0n) is 19.5. The molecule has 35 heavy (non-hydrogen) atoms. The van der Waals surface area contributed by atoms with Crippen molar-refractivity contribution in [2.24, 2.45) is 0 Å². The number of halogens is 2. The van der Waals surface area contributed by atoms with Gasteiger partial charge in [0.2, 0.25) is 5.91 Å². The van der Waals surface area contributed by atoms with E-state index in [9.17, 15) is 14.0 Å². The summed E-state index contributed by atoms with van der Waals surface area (Å²) in [5.74, 6) is 0.492. The minimum Gasteiger partial charge on any atom is -0.497 e. The summed E-state index contributed by atoms with van der Waals surface area (Å²) in [4.78, 5) is 27.4. The maximum absolute atomic E-state index is 13.5. The summed E-state index contributed by atoms with van der Waals surface area (Å²) >= 11 is 6.21. The minimum atomic E-state index is -0.649. The van der Waals surface area contributed by atoms with Gasteiger partial charge in [-0.15, -0.1) is 0 Å². The van der Waals surface area contributed by atoms with Crippen LogP contribution in [0.5, 0.6) is 11.5 Å². The fourth-order valence-electron chi connectivity index (χ4n) is 4.01. The summed E-state index contributed by atoms with van der Waals surface area (Å²) in [7, 11) is 1.58. The van der Waals surface area contributed by atoms with Crippen LogP contribution in [0.3, 0.4) is 0 Å². The molecule has 1 aliphatic rings. The van der Waals surface area contributed by atoms with E-state index in [1.165, 1.54) is 12.1 Å². The molecule has 3 aromatic rings. The Morgan fingerprint density at radius 3 is 2.77 bits per heavy atom. The van der Waals surface area contributed by atoms with Crippen molar-refractivity contribution in [3.05, 3.63) is 88.2 Å². The molecule has 1 atom stereocenters. The summed E-state index contributed by atoms with van der Waals surface area (Å²) in [5, 5.41) is 3.17. The zero-order chi connectivity index (χ0) is 24.9. The molecule has 4 rings (SSSR count). The van der Waals surface area contributed by atoms with E-state index in [2.05, 4.69) is 5.32 Å². The maximum atomic E-state index is 13.5. The molecule has 1 heterocycles. The molecule has 3 aromatic carbocycles. The number of nitrogens with one attached hydrogen (secondary N) is 1. The highest BCUT2D eigenvalue weighted by Gasteiger charge is 2.30. The highest BCUT2D eigenvalue weighted by atomic mass is 35.5. The van der Waals surface area contributed by atoms with Crippen molar-refractivity contribution in [3.63, 3.8) is 0 Å². The van der Waals surface area contributed by atoms with Crippen molar-refractivity contribution in [1.82, 2.24) is 4.90 Å². The van der Waals surface area contributed by atoms with E-state index in [-0.39, 0.29) is 36.3 Å². The number of nitrogens with zero attached hydrogens (tertiary/aromatic N) is 1. The maximum Gasteiger partial charge on any atom is 0.264 e. The molecule has 0 spiro atoms. The molecule has 0 saturated carbocycles. The van der Waals surface area contributed by atoms with Crippen LogP contribution in [0.1, 0.15) is 30.0 Å². The van der Waals surface area contributed by atoms with Crippen molar-refractivity contribution in [2.45, 2.75) is 39.0 Å². The topological polar surface area (TPSA) is 67.9 Å². The van der Waals surface area contributed by atoms with Crippen LogP contribution in [0.15, 0.2) is 60.7 Å². The summed E-state index contributed by atoms with van der Waals surface area (Å²) in [6, 6.07) is 16.8. The van der Waals surface area contributed by atoms with Gasteiger partial charge < -0.3 is 19.7 Å². The Morgan fingerprint density at radius 1 is 1.20 bits per heavy atom. The van der Waals surface area contributed by atoms with Crippen molar-refractivity contribution < 1.29 is 23.5 Å². The first kappa shape index (κ1) is 24.5. The second kappa shape index (κ2) is 10.8. The highest BCUT2D eigenvalue weighted by Crippen LogP contribution is 2.31. The average Bonchev–Trinajstić information content (AvgIpc) is 2.96. The van der Waals surface area contributed by atoms with E-state index < -0.39 is 11.9 Å². The second-order valence-corrected chi connectivity index (χ2v) is 8.75. The van der Waals surface area contributed by atoms with Gasteiger partial charge in [0.05, 0.1) is 13.5 Å². The fraction of sp³-hybridized carbons (Fsp3) is 0.259. The number of carbonyl (C=O) groups is 2. The van der Waals surface area contributed by atoms with Gasteiger partial charge in [-0.05, 0) is 60.0 Å². The van der Waals surface area contributed by atoms with Crippen LogP contribution in [0, 0.1) is 5.82 Å². The number of fused-ring (bicyclic) bond motifs is 1. The second-order valence-electron chi connectivity index (χ2n) is 8.34. The fourth-order valence-corrected chi connectivity index (χ4v) is 4.23. The van der Waals surface area contributed by atoms with Gasteiger partial charge in [0, 0.05) is 29.4 Å². The SMILES string of the molecule is CCC1Oc2ccc(NC(=O)Cc3cccc(OC)c3)cc2CN(Cc2ccc(F)cc2Cl)C1=O. The quantitative estimate of drug-likeness (QED) is 0.477. The summed E-state index contributed by atoms with van der Waals surface area (Å²) in [6.07, 6.45) is 0.0328. The molecule has 1 N–H and O–H groups in total. The molecule has 8 heteroatoms. The number of carbonyl (C=O) groups excluding carboxylic acids is 2. The average molecular weight is 497 g/mol. The molecule has 0 bridgehead atoms. The van der Waals surface area contributed by atoms with Crippen LogP contribution in [0.25, 0.3) is 0 Å². The lowest BCUT2D eigenvalue weighted by Crippen LogP contribution is -2.38. The Labute approximate surface area is 208 Å². The van der Waals surface area contributed by atoms with E-state index in [1.807, 2.05) is 37.3 Å². The number of hydrogen-bond acceptors (Lipinski definition) is 4. The van der Waals surface area contributed by atoms with Gasteiger partial charge in [0.25, 0.3) is 5.91 Å². The molecule has 182 valence electrons. The Kier molecular flexibility index (Phi) is 7.56. The van der Waals surface area contributed by atoms with Crippen molar-refractivity contribution in [3.8, 4) is 11.5 Å². The summed E-state index contributed by atoms with van der Waals surface area (Å²) in [6.45, 7) is 2.35. The lowest BCUT2D eigenvalue weighted by molar-refractivity contribution is -0.139. The number of amides is 2. The molecular weight excluding hydrogens is 471 g/mol. The Hall–Kier alpha value is -3.58. The standard InChI is InChI=1S/C27H26ClFN2O4/c1-3-24-27(33)31(15-18-7-8-20(29)14-23(18)28)16-19-13-21(9-10-25(19)35-24)30-26(32)12-17-5-4-6-22(11-17)34-2/h4-11,13-14,24H,3,12,15-16H2,1-2H3,(H,30,32). The molecule has 0 aliphatic carbocycles. The Balaban J connectivity index is 1.53. The zero-order valence-corrected chi connectivity index (χ0v) is 20.3. The van der Waals surface area contributed by atoms with Crippen LogP contribution < -0.4 is 14.8 Å². The number of hydrogen-bond donors (Lipinski definition) is 1. The first-order chi connectivity index (χ1) is 16.9. The molecule has 0 fully saturated rings. The number of methoxy groups -OCH3 is 1. The smallest absolute Gasteiger partial charge is 0.264 e. The van der Waals surface area contributed by atoms with Crippen molar-refractivity contribution in [1.29, 1.82) is 0 Å². The third-order valence-corrected chi connectivity index (χ3v) is 6.16. The van der Waals surface area contributed by atoms with Crippen molar-refractivity contribution in [2.75, 3.05) is 12.4 Å². The first-order valence-corrected chi connectivity index (χ1v) is 11.7. The van der Waals surface area contributed by atoms with Gasteiger partial charge in [-0.1, -0.05) is 36.7 Å². The molecule has 0 radical (unpaired) electrons. The van der Waals surface area contributed by atoms with Gasteiger partial charge in [0.1, 0.15) is 17.3 Å². The van der Waals surface area contributed by atoms with E-state index in [1.54, 1.807) is 30.2 Å². The third kappa shape index (κ3) is 5.92. The number of ether oxygens (including phenoxy) is 2. The number of benzene rings is 3. The van der Waals surface area contributed by atoms with Gasteiger partial charge in [-0.3, -0.25) is 9.59 Å². The normalized spacial score (nSPS) is 15.1. The molecule has 0 aromatic heterocycles. The monoisotopic (exact) mass is 496 g/mol. The summed E-state index contributed by atoms with van der Waals surface area (Å²) < 4.78 is 24.7. The van der Waals surface area contributed by atoms with Crippen molar-refractivity contribution >= 4 is 29.1 Å². The minimum absolute atomic E-state index is 0.173. The molecule has 0 saturated heterocycles. The highest BCUT2D eigenvalue weighted by molar-refractivity contribution is 6.31. The van der Waals surface area contributed by atoms with E-state index >= 15 is 0 Å². The summed E-state index contributed by atoms with van der Waals surface area (Å²) in [5.41, 5.74) is 2.83. The predicted octanol–water partition coefficient (Wildman–Crippen LogP) is 5.37. The lowest BCUT2D eigenvalue weighted by atomic mass is 10.1. The van der Waals surface area contributed by atoms with Gasteiger partial charge in [-0.25, -0.2) is 4.39 Å². The van der Waals surface area contributed by atoms with Gasteiger partial charge >= 0.3 is 0 Å². The number of anilines is 1. The molecule has 2 amide bonds. The van der Waals surface area contributed by atoms with Crippen LogP contribution in [0.4, 0.5) is 10.1 Å². The van der Waals surface area contributed by atoms with Gasteiger partial charge in [-0.2, -0.15) is 0 Å². The molecule has 1 unspecified atom stereocenters. The predicted molar refractivity (Wildman–Crippen MR) is 132 cm³/mol. The number of rotatable bonds is 7. The first-order valence-electron chi connectivity index (χ1n) is 11.3. The molecule has 6 nitrogen and oxygen atoms in total. The van der Waals surface area contributed by atoms with Crippen LogP contribution in [-0.4, -0.2) is 29.9 Å². The third-order valence-electron chi connectivity index (χ3n) is 5.81. The van der Waals surface area contributed by atoms with Crippen LogP contribution in [-0.2, 0) is 29.1 Å². The van der Waals surface area contributed by atoms with Crippen LogP contribution >= 0.6 is 11.6 Å². The van der Waals surface area contributed by atoms with E-state index in [0.29, 0.717) is 29.2 Å². The van der Waals surface area contributed by atoms with E-state index in [4.69, 9.17) is 21.1 Å². The largest absolute Gasteiger partial charge is 0.497 e. The van der Waals surface area contributed by atoms with Crippen LogP contribution in [0.2, 0.25) is 5.02 Å². The van der Waals surface area contributed by atoms with E-state index in [0.717, 1.165) is 11.1 Å². The van der Waals surface area contributed by atoms with Gasteiger partial charge in [0.15, 0.2) is 6.10 Å². The molecular formula is C27H26ClFN2O4. The Morgan fingerprint density at radius 2 is 2.03 bits per heavy atom. The molecule has 1 aliphatic heterocycles.